The Morgan fingerprint density at radius 1 is 1.22 bits per heavy atom. The number of aryl methyl sites for hydroxylation is 2. The Hall–Kier alpha value is -3.10. The number of aliphatic imine (C=N–C) groups is 1. The van der Waals surface area contributed by atoms with Gasteiger partial charge in [-0.3, -0.25) is 9.59 Å². The molecule has 5 rings (SSSR count). The summed E-state index contributed by atoms with van der Waals surface area (Å²) in [7, 11) is 0. The monoisotopic (exact) mass is 519 g/mol. The molecular weight excluding hydrogens is 486 g/mol. The molecule has 1 fully saturated rings. The van der Waals surface area contributed by atoms with Gasteiger partial charge in [0.1, 0.15) is 11.7 Å². The van der Waals surface area contributed by atoms with Crippen molar-refractivity contribution in [1.82, 2.24) is 10.1 Å². The van der Waals surface area contributed by atoms with Gasteiger partial charge in [-0.25, -0.2) is 4.99 Å². The second kappa shape index (κ2) is 9.65. The molecule has 8 heteroatoms. The third-order valence-corrected chi connectivity index (χ3v) is 8.80. The Morgan fingerprint density at radius 2 is 1.95 bits per heavy atom. The molecule has 0 saturated carbocycles. The fraction of sp³-hybridized carbons (Fsp3) is 0.448. The summed E-state index contributed by atoms with van der Waals surface area (Å²) in [6.07, 6.45) is 0.110. The van der Waals surface area contributed by atoms with E-state index in [1.54, 1.807) is 22.3 Å². The van der Waals surface area contributed by atoms with Gasteiger partial charge < -0.3 is 14.5 Å². The number of rotatable bonds is 6. The van der Waals surface area contributed by atoms with Crippen LogP contribution < -0.4 is 0 Å². The van der Waals surface area contributed by atoms with E-state index in [0.717, 1.165) is 11.1 Å². The second-order valence-electron chi connectivity index (χ2n) is 10.9. The molecule has 194 valence electrons. The lowest BCUT2D eigenvalue weighted by atomic mass is 9.78. The number of aromatic nitrogens is 1. The topological polar surface area (TPSA) is 96.0 Å². The number of aliphatic hydroxyl groups excluding tert-OH is 1. The van der Waals surface area contributed by atoms with Crippen LogP contribution in [0.4, 0.5) is 0 Å². The molecule has 0 radical (unpaired) electrons. The number of thiophene rings is 1. The molecule has 1 aromatic carbocycles. The Morgan fingerprint density at radius 3 is 2.54 bits per heavy atom. The quantitative estimate of drug-likeness (QED) is 0.492. The fourth-order valence-corrected chi connectivity index (χ4v) is 6.56. The zero-order chi connectivity index (χ0) is 26.5. The van der Waals surface area contributed by atoms with Crippen molar-refractivity contribution in [3.05, 3.63) is 64.4 Å². The van der Waals surface area contributed by atoms with Crippen molar-refractivity contribution in [3.63, 3.8) is 0 Å². The lowest BCUT2D eigenvalue weighted by molar-refractivity contribution is -0.134. The first-order valence-corrected chi connectivity index (χ1v) is 13.6. The van der Waals surface area contributed by atoms with Crippen LogP contribution in [0.2, 0.25) is 0 Å². The van der Waals surface area contributed by atoms with Crippen LogP contribution in [0.3, 0.4) is 0 Å². The van der Waals surface area contributed by atoms with E-state index >= 15 is 0 Å². The smallest absolute Gasteiger partial charge is 0.256 e. The van der Waals surface area contributed by atoms with Gasteiger partial charge in [0.15, 0.2) is 0 Å². The summed E-state index contributed by atoms with van der Waals surface area (Å²) in [4.78, 5) is 34.5. The summed E-state index contributed by atoms with van der Waals surface area (Å²) >= 11 is 1.70. The molecule has 1 N–H and O–H groups in total. The number of carbonyl (C=O) groups is 2. The average Bonchev–Trinajstić information content (AvgIpc) is 3.62. The standard InChI is InChI=1S/C29H33N3O4S/c1-16(2)25(24-12-18(4)31-36-24)27(34)32-15-21(33)13-23(32)22-14-29(5,28(35)30-22)20-8-6-19(7-9-20)26-17(3)10-11-37-26/h6-12,16,21,23,25,33H,13-15H2,1-5H3/t21-,23-,25-,29-/m1/s1. The lowest BCUT2D eigenvalue weighted by Gasteiger charge is -2.30. The van der Waals surface area contributed by atoms with Crippen LogP contribution >= 0.6 is 11.3 Å². The van der Waals surface area contributed by atoms with Gasteiger partial charge in [0.05, 0.1) is 23.3 Å². The maximum atomic E-state index is 13.8. The maximum Gasteiger partial charge on any atom is 0.256 e. The molecule has 0 aliphatic carbocycles. The van der Waals surface area contributed by atoms with Gasteiger partial charge in [0, 0.05) is 36.0 Å². The maximum absolute atomic E-state index is 13.8. The number of β-amino-alcohol motifs (C(OH)–C–C–N with tert-alkyl or cyclic N) is 1. The van der Waals surface area contributed by atoms with Crippen LogP contribution in [0.15, 0.2) is 51.3 Å². The zero-order valence-electron chi connectivity index (χ0n) is 21.9. The van der Waals surface area contributed by atoms with E-state index in [9.17, 15) is 14.7 Å². The van der Waals surface area contributed by atoms with E-state index in [0.29, 0.717) is 30.0 Å². The van der Waals surface area contributed by atoms with Gasteiger partial charge >= 0.3 is 0 Å². The Bertz CT molecular complexity index is 1360. The summed E-state index contributed by atoms with van der Waals surface area (Å²) in [6, 6.07) is 11.6. The van der Waals surface area contributed by atoms with E-state index < -0.39 is 23.5 Å². The van der Waals surface area contributed by atoms with Gasteiger partial charge in [0.2, 0.25) is 5.91 Å². The van der Waals surface area contributed by atoms with E-state index in [2.05, 4.69) is 40.7 Å². The molecule has 4 heterocycles. The molecule has 2 aliphatic rings. The average molecular weight is 520 g/mol. The SMILES string of the molecule is Cc1cc([C@H](C(=O)N2C[C@H](O)C[C@@H]2C2=NC(=O)[C@@](C)(c3ccc(-c4sccc4C)cc3)C2)C(C)C)on1. The highest BCUT2D eigenvalue weighted by Crippen LogP contribution is 2.40. The molecule has 2 aliphatic heterocycles. The van der Waals surface area contributed by atoms with Gasteiger partial charge in [-0.15, -0.1) is 11.3 Å². The number of likely N-dealkylation sites (tertiary alicyclic amines) is 1. The van der Waals surface area contributed by atoms with Crippen molar-refractivity contribution in [3.8, 4) is 10.4 Å². The number of amides is 2. The molecule has 2 amide bonds. The summed E-state index contributed by atoms with van der Waals surface area (Å²) in [5.41, 5.74) is 3.84. The minimum Gasteiger partial charge on any atom is -0.391 e. The number of hydrogen-bond donors (Lipinski definition) is 1. The molecule has 4 atom stereocenters. The number of nitrogens with zero attached hydrogens (tertiary/aromatic N) is 3. The van der Waals surface area contributed by atoms with Crippen molar-refractivity contribution in [1.29, 1.82) is 0 Å². The molecule has 1 saturated heterocycles. The van der Waals surface area contributed by atoms with E-state index in [1.165, 1.54) is 10.4 Å². The van der Waals surface area contributed by atoms with Crippen LogP contribution in [0.1, 0.15) is 62.1 Å². The molecule has 0 bridgehead atoms. The van der Waals surface area contributed by atoms with E-state index in [1.807, 2.05) is 39.8 Å². The van der Waals surface area contributed by atoms with E-state index in [-0.39, 0.29) is 24.3 Å². The minimum atomic E-state index is -0.805. The van der Waals surface area contributed by atoms with Crippen molar-refractivity contribution in [2.24, 2.45) is 10.9 Å². The molecule has 3 aromatic rings. The highest BCUT2D eigenvalue weighted by Gasteiger charge is 2.48. The summed E-state index contributed by atoms with van der Waals surface area (Å²) in [5, 5.41) is 16.6. The number of aliphatic hydroxyl groups is 1. The van der Waals surface area contributed by atoms with E-state index in [4.69, 9.17) is 4.52 Å². The van der Waals surface area contributed by atoms with Gasteiger partial charge in [-0.2, -0.15) is 0 Å². The van der Waals surface area contributed by atoms with Crippen LogP contribution in [0, 0.1) is 19.8 Å². The predicted molar refractivity (Wildman–Crippen MR) is 144 cm³/mol. The Balaban J connectivity index is 1.39. The highest BCUT2D eigenvalue weighted by atomic mass is 32.1. The second-order valence-corrected chi connectivity index (χ2v) is 11.8. The zero-order valence-corrected chi connectivity index (χ0v) is 22.7. The number of hydrogen-bond acceptors (Lipinski definition) is 6. The highest BCUT2D eigenvalue weighted by molar-refractivity contribution is 7.13. The number of benzene rings is 1. The molecule has 2 aromatic heterocycles. The van der Waals surface area contributed by atoms with Gasteiger partial charge in [-0.1, -0.05) is 43.3 Å². The first-order chi connectivity index (χ1) is 17.6. The van der Waals surface area contributed by atoms with Crippen molar-refractivity contribution < 1.29 is 19.2 Å². The van der Waals surface area contributed by atoms with Crippen LogP contribution in [-0.4, -0.2) is 51.4 Å². The summed E-state index contributed by atoms with van der Waals surface area (Å²) in [6.45, 7) is 9.98. The third-order valence-electron chi connectivity index (χ3n) is 7.73. The predicted octanol–water partition coefficient (Wildman–Crippen LogP) is 5.05. The molecular formula is C29H33N3O4S. The Labute approximate surface area is 221 Å². The normalized spacial score (nSPS) is 24.7. The third kappa shape index (κ3) is 4.57. The van der Waals surface area contributed by atoms with Crippen LogP contribution in [-0.2, 0) is 15.0 Å². The van der Waals surface area contributed by atoms with Crippen molar-refractivity contribution in [2.75, 3.05) is 6.54 Å². The Kier molecular flexibility index (Phi) is 6.66. The van der Waals surface area contributed by atoms with Gasteiger partial charge in [0.25, 0.3) is 5.91 Å². The lowest BCUT2D eigenvalue weighted by Crippen LogP contribution is -2.44. The summed E-state index contributed by atoms with van der Waals surface area (Å²) in [5.74, 6) is -0.366. The molecule has 7 nitrogen and oxygen atoms in total. The number of carbonyl (C=O) groups excluding carboxylic acids is 2. The van der Waals surface area contributed by atoms with Crippen molar-refractivity contribution >= 4 is 28.9 Å². The summed E-state index contributed by atoms with van der Waals surface area (Å²) < 4.78 is 5.46. The van der Waals surface area contributed by atoms with Crippen LogP contribution in [0.5, 0.6) is 0 Å². The fourth-order valence-electron chi connectivity index (χ4n) is 5.62. The van der Waals surface area contributed by atoms with Crippen molar-refractivity contribution in [2.45, 2.75) is 70.9 Å². The molecule has 0 spiro atoms. The van der Waals surface area contributed by atoms with Crippen LogP contribution in [0.25, 0.3) is 10.4 Å². The van der Waals surface area contributed by atoms with Gasteiger partial charge in [-0.05, 0) is 54.8 Å². The molecule has 0 unspecified atom stereocenters. The first-order valence-electron chi connectivity index (χ1n) is 12.8. The largest absolute Gasteiger partial charge is 0.391 e. The molecule has 37 heavy (non-hydrogen) atoms. The minimum absolute atomic E-state index is 0.0267. The first kappa shape index (κ1) is 25.5.